The molecule has 4 aromatic heterocycles. The molecule has 0 saturated heterocycles. The number of aromatic nitrogens is 7. The van der Waals surface area contributed by atoms with Crippen molar-refractivity contribution in [3.05, 3.63) is 65.5 Å². The zero-order chi connectivity index (χ0) is 18.4. The van der Waals surface area contributed by atoms with Crippen molar-refractivity contribution in [3.8, 4) is 22.8 Å². The zero-order valence-corrected chi connectivity index (χ0v) is 14.2. The van der Waals surface area contributed by atoms with Gasteiger partial charge in [-0.1, -0.05) is 12.1 Å². The van der Waals surface area contributed by atoms with Gasteiger partial charge in [0.2, 0.25) is 0 Å². The Balaban J connectivity index is 1.94. The molecule has 0 fully saturated rings. The van der Waals surface area contributed by atoms with E-state index in [0.717, 1.165) is 5.56 Å². The average molecular weight is 359 g/mol. The number of nitrogens with one attached hydrogen (secondary N) is 1. The standard InChI is InChI=1S/C18H13N7O2/c1-27-12-4-2-3-11(9-12)16-15-13(22-18-19-10-21-25(16)18)6-8-24(17(15)26)14-5-7-20-23-14/h2-10H,1H3,(H,20,23). The van der Waals surface area contributed by atoms with Crippen molar-refractivity contribution in [3.63, 3.8) is 0 Å². The minimum atomic E-state index is -0.237. The Labute approximate surface area is 151 Å². The van der Waals surface area contributed by atoms with Crippen molar-refractivity contribution in [2.75, 3.05) is 7.11 Å². The number of ether oxygens (including phenoxy) is 1. The summed E-state index contributed by atoms with van der Waals surface area (Å²) in [5, 5.41) is 11.4. The highest BCUT2D eigenvalue weighted by Gasteiger charge is 2.18. The molecule has 1 N–H and O–H groups in total. The lowest BCUT2D eigenvalue weighted by Gasteiger charge is -2.11. The first-order valence-electron chi connectivity index (χ1n) is 8.15. The van der Waals surface area contributed by atoms with Crippen LogP contribution < -0.4 is 10.3 Å². The molecular weight excluding hydrogens is 346 g/mol. The molecule has 0 saturated carbocycles. The highest BCUT2D eigenvalue weighted by molar-refractivity contribution is 5.93. The number of hydrogen-bond acceptors (Lipinski definition) is 6. The summed E-state index contributed by atoms with van der Waals surface area (Å²) in [4.78, 5) is 22.0. The Bertz CT molecular complexity index is 1340. The second-order valence-electron chi connectivity index (χ2n) is 5.86. The molecule has 0 radical (unpaired) electrons. The normalized spacial score (nSPS) is 11.3. The van der Waals surface area contributed by atoms with Gasteiger partial charge in [-0.05, 0) is 18.2 Å². The third-order valence-electron chi connectivity index (χ3n) is 4.36. The molecule has 0 atom stereocenters. The number of benzene rings is 1. The molecule has 0 amide bonds. The first-order valence-corrected chi connectivity index (χ1v) is 8.15. The first-order chi connectivity index (χ1) is 13.3. The average Bonchev–Trinajstić information content (AvgIpc) is 3.38. The highest BCUT2D eigenvalue weighted by Crippen LogP contribution is 2.28. The zero-order valence-electron chi connectivity index (χ0n) is 14.2. The van der Waals surface area contributed by atoms with E-state index in [9.17, 15) is 4.79 Å². The van der Waals surface area contributed by atoms with Crippen molar-refractivity contribution in [1.29, 1.82) is 0 Å². The summed E-state index contributed by atoms with van der Waals surface area (Å²) in [7, 11) is 1.60. The topological polar surface area (TPSA) is 103 Å². The maximum Gasteiger partial charge on any atom is 0.267 e. The fourth-order valence-corrected chi connectivity index (χ4v) is 3.13. The number of nitrogens with zero attached hydrogens (tertiary/aromatic N) is 6. The second kappa shape index (κ2) is 5.77. The minimum Gasteiger partial charge on any atom is -0.497 e. The van der Waals surface area contributed by atoms with Gasteiger partial charge in [-0.3, -0.25) is 14.5 Å². The van der Waals surface area contributed by atoms with E-state index in [2.05, 4.69) is 25.3 Å². The molecule has 9 nitrogen and oxygen atoms in total. The SMILES string of the molecule is COc1cccc(-c2c3c(=O)n(-c4ccn[nH]4)ccc3nc3ncnn23)c1. The summed E-state index contributed by atoms with van der Waals surface area (Å²) in [5.41, 5.74) is 1.68. The number of fused-ring (bicyclic) bond motifs is 2. The third kappa shape index (κ3) is 2.29. The summed E-state index contributed by atoms with van der Waals surface area (Å²) >= 11 is 0. The molecule has 4 heterocycles. The number of pyridine rings is 1. The first kappa shape index (κ1) is 15.3. The molecule has 132 valence electrons. The van der Waals surface area contributed by atoms with Crippen LogP contribution in [0.4, 0.5) is 0 Å². The van der Waals surface area contributed by atoms with Crippen LogP contribution in [0, 0.1) is 0 Å². The van der Waals surface area contributed by atoms with Gasteiger partial charge in [0, 0.05) is 17.8 Å². The molecule has 5 aromatic rings. The molecule has 1 aromatic carbocycles. The van der Waals surface area contributed by atoms with E-state index in [1.807, 2.05) is 24.3 Å². The fraction of sp³-hybridized carbons (Fsp3) is 0.0556. The molecule has 0 aliphatic rings. The van der Waals surface area contributed by atoms with Crippen molar-refractivity contribution in [1.82, 2.24) is 34.3 Å². The van der Waals surface area contributed by atoms with Crippen LogP contribution >= 0.6 is 0 Å². The molecule has 9 heteroatoms. The molecule has 0 bridgehead atoms. The molecule has 0 aliphatic heterocycles. The second-order valence-corrected chi connectivity index (χ2v) is 5.86. The van der Waals surface area contributed by atoms with E-state index in [0.29, 0.717) is 33.9 Å². The van der Waals surface area contributed by atoms with Crippen LogP contribution in [0.5, 0.6) is 5.75 Å². The number of methoxy groups -OCH3 is 1. The summed E-state index contributed by atoms with van der Waals surface area (Å²) in [5.74, 6) is 1.66. The summed E-state index contributed by atoms with van der Waals surface area (Å²) in [6.45, 7) is 0. The smallest absolute Gasteiger partial charge is 0.267 e. The Kier molecular flexibility index (Phi) is 3.26. The molecule has 5 rings (SSSR count). The van der Waals surface area contributed by atoms with Gasteiger partial charge in [0.25, 0.3) is 11.3 Å². The lowest BCUT2D eigenvalue weighted by molar-refractivity contribution is 0.415. The van der Waals surface area contributed by atoms with Crippen molar-refractivity contribution in [2.24, 2.45) is 0 Å². The number of aromatic amines is 1. The van der Waals surface area contributed by atoms with E-state index >= 15 is 0 Å². The quantitative estimate of drug-likeness (QED) is 0.527. The highest BCUT2D eigenvalue weighted by atomic mass is 16.5. The van der Waals surface area contributed by atoms with Crippen molar-refractivity contribution < 1.29 is 4.74 Å². The van der Waals surface area contributed by atoms with Gasteiger partial charge in [-0.15, -0.1) is 0 Å². The largest absolute Gasteiger partial charge is 0.497 e. The summed E-state index contributed by atoms with van der Waals surface area (Å²) in [6.07, 6.45) is 4.67. The van der Waals surface area contributed by atoms with Gasteiger partial charge in [0.05, 0.1) is 29.9 Å². The van der Waals surface area contributed by atoms with Gasteiger partial charge in [-0.2, -0.15) is 19.7 Å². The van der Waals surface area contributed by atoms with Gasteiger partial charge in [0.1, 0.15) is 17.9 Å². The Morgan fingerprint density at radius 3 is 2.93 bits per heavy atom. The van der Waals surface area contributed by atoms with Crippen LogP contribution in [0.15, 0.2) is 59.9 Å². The van der Waals surface area contributed by atoms with Crippen LogP contribution in [-0.4, -0.2) is 41.5 Å². The molecule has 0 aliphatic carbocycles. The van der Waals surface area contributed by atoms with Crippen LogP contribution in [0.3, 0.4) is 0 Å². The molecule has 27 heavy (non-hydrogen) atoms. The predicted molar refractivity (Wildman–Crippen MR) is 98.0 cm³/mol. The Morgan fingerprint density at radius 2 is 2.11 bits per heavy atom. The predicted octanol–water partition coefficient (Wildman–Crippen LogP) is 1.83. The molecule has 0 spiro atoms. The number of H-pyrrole nitrogens is 1. The Morgan fingerprint density at radius 1 is 1.19 bits per heavy atom. The van der Waals surface area contributed by atoms with E-state index in [-0.39, 0.29) is 5.56 Å². The van der Waals surface area contributed by atoms with E-state index in [1.54, 1.807) is 36.2 Å². The maximum atomic E-state index is 13.3. The number of hydrogen-bond donors (Lipinski definition) is 1. The lowest BCUT2D eigenvalue weighted by Crippen LogP contribution is -2.20. The van der Waals surface area contributed by atoms with E-state index in [1.165, 1.54) is 10.9 Å². The van der Waals surface area contributed by atoms with Crippen molar-refractivity contribution >= 4 is 16.7 Å². The van der Waals surface area contributed by atoms with Gasteiger partial charge >= 0.3 is 0 Å². The van der Waals surface area contributed by atoms with E-state index < -0.39 is 0 Å². The lowest BCUT2D eigenvalue weighted by atomic mass is 10.1. The third-order valence-corrected chi connectivity index (χ3v) is 4.36. The van der Waals surface area contributed by atoms with Crippen LogP contribution in [0.1, 0.15) is 0 Å². The summed E-state index contributed by atoms with van der Waals surface area (Å²) in [6, 6.07) is 10.9. The van der Waals surface area contributed by atoms with Crippen LogP contribution in [-0.2, 0) is 0 Å². The van der Waals surface area contributed by atoms with Crippen molar-refractivity contribution in [2.45, 2.75) is 0 Å². The monoisotopic (exact) mass is 359 g/mol. The number of rotatable bonds is 3. The van der Waals surface area contributed by atoms with Gasteiger partial charge in [-0.25, -0.2) is 4.98 Å². The van der Waals surface area contributed by atoms with Gasteiger partial charge in [0.15, 0.2) is 0 Å². The molecule has 0 unspecified atom stereocenters. The van der Waals surface area contributed by atoms with Crippen LogP contribution in [0.25, 0.3) is 33.8 Å². The Hall–Kier alpha value is -4.01. The minimum absolute atomic E-state index is 0.237. The maximum absolute atomic E-state index is 13.3. The summed E-state index contributed by atoms with van der Waals surface area (Å²) < 4.78 is 8.39. The van der Waals surface area contributed by atoms with Gasteiger partial charge < -0.3 is 4.74 Å². The van der Waals surface area contributed by atoms with E-state index in [4.69, 9.17) is 4.74 Å². The fourth-order valence-electron chi connectivity index (χ4n) is 3.13. The molecular formula is C18H13N7O2. The van der Waals surface area contributed by atoms with Crippen LogP contribution in [0.2, 0.25) is 0 Å².